The van der Waals surface area contributed by atoms with Crippen LogP contribution in [-0.4, -0.2) is 46.7 Å². The molecule has 0 aliphatic rings. The predicted octanol–water partition coefficient (Wildman–Crippen LogP) is 3.01. The first-order valence-corrected chi connectivity index (χ1v) is 12.0. The molecule has 0 fully saturated rings. The van der Waals surface area contributed by atoms with Gasteiger partial charge in [-0.25, -0.2) is 13.2 Å². The third-order valence-corrected chi connectivity index (χ3v) is 6.31. The summed E-state index contributed by atoms with van der Waals surface area (Å²) in [6, 6.07) is 10.9. The molecule has 0 aliphatic heterocycles. The summed E-state index contributed by atoms with van der Waals surface area (Å²) in [4.78, 5) is 23.3. The van der Waals surface area contributed by atoms with Crippen molar-refractivity contribution in [1.29, 1.82) is 0 Å². The molecule has 0 unspecified atom stereocenters. The van der Waals surface area contributed by atoms with Gasteiger partial charge >= 0.3 is 6.03 Å². The van der Waals surface area contributed by atoms with Crippen molar-refractivity contribution in [2.24, 2.45) is 0 Å². The lowest BCUT2D eigenvalue weighted by atomic mass is 10.1. The molecule has 31 heavy (non-hydrogen) atoms. The lowest BCUT2D eigenvalue weighted by Gasteiger charge is -2.23. The number of nitrogens with one attached hydrogen (secondary N) is 3. The third-order valence-electron chi connectivity index (χ3n) is 4.32. The van der Waals surface area contributed by atoms with Crippen LogP contribution < -0.4 is 20.3 Å². The van der Waals surface area contributed by atoms with Gasteiger partial charge in [0, 0.05) is 25.7 Å². The van der Waals surface area contributed by atoms with Crippen molar-refractivity contribution in [3.8, 4) is 0 Å². The highest BCUT2D eigenvalue weighted by Gasteiger charge is 2.20. The van der Waals surface area contributed by atoms with Crippen LogP contribution in [0, 0.1) is 0 Å². The Balaban J connectivity index is 2.05. The Kier molecular flexibility index (Phi) is 8.97. The molecule has 8 nitrogen and oxygen atoms in total. The van der Waals surface area contributed by atoms with Gasteiger partial charge in [0.1, 0.15) is 0 Å². The molecule has 0 aromatic heterocycles. The van der Waals surface area contributed by atoms with Gasteiger partial charge in [-0.15, -0.1) is 0 Å². The number of rotatable bonds is 9. The van der Waals surface area contributed by atoms with Crippen molar-refractivity contribution in [3.05, 3.63) is 63.6 Å². The summed E-state index contributed by atoms with van der Waals surface area (Å²) in [5.74, 6) is -0.296. The predicted molar refractivity (Wildman–Crippen MR) is 123 cm³/mol. The van der Waals surface area contributed by atoms with Crippen molar-refractivity contribution in [1.82, 2.24) is 16.0 Å². The monoisotopic (exact) mass is 486 g/mol. The molecule has 168 valence electrons. The van der Waals surface area contributed by atoms with Crippen molar-refractivity contribution in [2.45, 2.75) is 13.0 Å². The Labute approximate surface area is 192 Å². The molecule has 0 spiro atoms. The van der Waals surface area contributed by atoms with E-state index in [0.717, 1.165) is 6.26 Å². The van der Waals surface area contributed by atoms with Gasteiger partial charge in [-0.1, -0.05) is 35.3 Å². The number of hydrogen-bond donors (Lipinski definition) is 3. The maximum absolute atomic E-state index is 12.4. The van der Waals surface area contributed by atoms with E-state index in [2.05, 4.69) is 16.0 Å². The first-order valence-electron chi connectivity index (χ1n) is 9.38. The molecule has 0 saturated heterocycles. The van der Waals surface area contributed by atoms with E-state index in [1.54, 1.807) is 42.5 Å². The zero-order chi connectivity index (χ0) is 23.0. The number of benzene rings is 2. The minimum Gasteiger partial charge on any atom is -0.352 e. The molecule has 0 heterocycles. The largest absolute Gasteiger partial charge is 0.352 e. The van der Waals surface area contributed by atoms with Gasteiger partial charge in [-0.3, -0.25) is 9.10 Å². The normalized spacial score (nSPS) is 11.0. The summed E-state index contributed by atoms with van der Waals surface area (Å²) in [7, 11) is -2.09. The molecular formula is C20H24Cl2N4O4S. The summed E-state index contributed by atoms with van der Waals surface area (Å²) >= 11 is 12.2. The zero-order valence-corrected chi connectivity index (χ0v) is 19.4. The zero-order valence-electron chi connectivity index (χ0n) is 17.1. The standard InChI is InChI=1S/C20H24Cl2N4O4S/c1-23-20(28)25-12-4-11-24-19(27)14-7-9-16(10-8-14)26(31(2,29)30)13-15-5-3-6-17(21)18(15)22/h3,5-10H,4,11-13H2,1-2H3,(H,24,27)(H2,23,25,28). The molecule has 0 atom stereocenters. The van der Waals surface area contributed by atoms with Crippen molar-refractivity contribution in [2.75, 3.05) is 30.7 Å². The Morgan fingerprint density at radius 2 is 1.65 bits per heavy atom. The first-order chi connectivity index (χ1) is 14.6. The van der Waals surface area contributed by atoms with Crippen LogP contribution in [0.2, 0.25) is 10.0 Å². The highest BCUT2D eigenvalue weighted by Crippen LogP contribution is 2.29. The molecule has 2 aromatic rings. The third kappa shape index (κ3) is 7.30. The van der Waals surface area contributed by atoms with E-state index >= 15 is 0 Å². The van der Waals surface area contributed by atoms with Crippen LogP contribution in [0.3, 0.4) is 0 Å². The topological polar surface area (TPSA) is 108 Å². The molecule has 3 N–H and O–H groups in total. The summed E-state index contributed by atoms with van der Waals surface area (Å²) in [6.07, 6.45) is 1.67. The molecule has 0 bridgehead atoms. The summed E-state index contributed by atoms with van der Waals surface area (Å²) in [5.41, 5.74) is 1.34. The van der Waals surface area contributed by atoms with Gasteiger partial charge in [0.2, 0.25) is 10.0 Å². The molecule has 0 saturated carbocycles. The number of urea groups is 1. The second kappa shape index (κ2) is 11.2. The number of anilines is 1. The van der Waals surface area contributed by atoms with Crippen molar-refractivity contribution < 1.29 is 18.0 Å². The Morgan fingerprint density at radius 1 is 1.00 bits per heavy atom. The van der Waals surface area contributed by atoms with E-state index in [1.165, 1.54) is 11.4 Å². The Bertz CT molecular complexity index is 1030. The molecule has 3 amide bonds. The number of sulfonamides is 1. The summed E-state index contributed by atoms with van der Waals surface area (Å²) in [6.45, 7) is 0.809. The number of nitrogens with zero attached hydrogens (tertiary/aromatic N) is 1. The SMILES string of the molecule is CNC(=O)NCCCNC(=O)c1ccc(N(Cc2cccc(Cl)c2Cl)S(C)(=O)=O)cc1. The minimum atomic E-state index is -3.62. The van der Waals surface area contributed by atoms with E-state index in [0.29, 0.717) is 46.4 Å². The fourth-order valence-electron chi connectivity index (χ4n) is 2.69. The van der Waals surface area contributed by atoms with Gasteiger partial charge < -0.3 is 16.0 Å². The van der Waals surface area contributed by atoms with E-state index in [-0.39, 0.29) is 18.5 Å². The van der Waals surface area contributed by atoms with E-state index < -0.39 is 10.0 Å². The van der Waals surface area contributed by atoms with Crippen LogP contribution in [0.4, 0.5) is 10.5 Å². The van der Waals surface area contributed by atoms with Crippen LogP contribution >= 0.6 is 23.2 Å². The number of amides is 3. The maximum Gasteiger partial charge on any atom is 0.314 e. The number of hydrogen-bond acceptors (Lipinski definition) is 4. The minimum absolute atomic E-state index is 0.00209. The average molecular weight is 487 g/mol. The Hall–Kier alpha value is -2.49. The number of halogens is 2. The fraction of sp³-hybridized carbons (Fsp3) is 0.300. The van der Waals surface area contributed by atoms with E-state index in [1.807, 2.05) is 0 Å². The van der Waals surface area contributed by atoms with Gasteiger partial charge in [0.05, 0.1) is 28.5 Å². The highest BCUT2D eigenvalue weighted by molar-refractivity contribution is 7.92. The lowest BCUT2D eigenvalue weighted by Crippen LogP contribution is -2.35. The number of carbonyl (C=O) groups excluding carboxylic acids is 2. The smallest absolute Gasteiger partial charge is 0.314 e. The van der Waals surface area contributed by atoms with Crippen LogP contribution in [-0.2, 0) is 16.6 Å². The Morgan fingerprint density at radius 3 is 2.26 bits per heavy atom. The van der Waals surface area contributed by atoms with Crippen molar-refractivity contribution >= 4 is 50.9 Å². The van der Waals surface area contributed by atoms with Crippen LogP contribution in [0.15, 0.2) is 42.5 Å². The molecule has 2 aromatic carbocycles. The highest BCUT2D eigenvalue weighted by atomic mass is 35.5. The van der Waals surface area contributed by atoms with Gasteiger partial charge in [0.25, 0.3) is 5.91 Å². The quantitative estimate of drug-likeness (QED) is 0.473. The first kappa shape index (κ1) is 24.8. The average Bonchev–Trinajstić information content (AvgIpc) is 2.73. The second-order valence-electron chi connectivity index (χ2n) is 6.64. The van der Waals surface area contributed by atoms with Gasteiger partial charge in [-0.05, 0) is 42.3 Å². The molecule has 2 rings (SSSR count). The molecule has 0 radical (unpaired) electrons. The van der Waals surface area contributed by atoms with Crippen LogP contribution in [0.25, 0.3) is 0 Å². The molecule has 11 heteroatoms. The van der Waals surface area contributed by atoms with E-state index in [4.69, 9.17) is 23.2 Å². The van der Waals surface area contributed by atoms with Crippen LogP contribution in [0.1, 0.15) is 22.3 Å². The lowest BCUT2D eigenvalue weighted by molar-refractivity contribution is 0.0953. The maximum atomic E-state index is 12.4. The molecular weight excluding hydrogens is 463 g/mol. The van der Waals surface area contributed by atoms with Crippen LogP contribution in [0.5, 0.6) is 0 Å². The van der Waals surface area contributed by atoms with Gasteiger partial charge in [-0.2, -0.15) is 0 Å². The molecule has 0 aliphatic carbocycles. The summed E-state index contributed by atoms with van der Waals surface area (Å²) < 4.78 is 25.9. The number of carbonyl (C=O) groups is 2. The van der Waals surface area contributed by atoms with E-state index in [9.17, 15) is 18.0 Å². The summed E-state index contributed by atoms with van der Waals surface area (Å²) in [5, 5.41) is 8.44. The fourth-order valence-corrected chi connectivity index (χ4v) is 3.95. The second-order valence-corrected chi connectivity index (χ2v) is 9.34. The van der Waals surface area contributed by atoms with Gasteiger partial charge in [0.15, 0.2) is 0 Å². The van der Waals surface area contributed by atoms with Crippen molar-refractivity contribution in [3.63, 3.8) is 0 Å².